The predicted molar refractivity (Wildman–Crippen MR) is 156 cm³/mol. The van der Waals surface area contributed by atoms with Gasteiger partial charge in [-0.3, -0.25) is 0 Å². The third-order valence-electron chi connectivity index (χ3n) is 10.4. The van der Waals surface area contributed by atoms with E-state index in [2.05, 4.69) is 93.9 Å². The van der Waals surface area contributed by atoms with Crippen LogP contribution in [0, 0.1) is 23.7 Å². The van der Waals surface area contributed by atoms with Crippen molar-refractivity contribution in [1.82, 2.24) is 0 Å². The maximum absolute atomic E-state index is 2.74. The number of benzene rings is 2. The topological polar surface area (TPSA) is 0 Å². The summed E-state index contributed by atoms with van der Waals surface area (Å²) in [5.74, 6) is 3.93. The molecule has 0 aromatic heterocycles. The van der Waals surface area contributed by atoms with E-state index in [1.807, 2.05) is 7.75 Å². The van der Waals surface area contributed by atoms with Crippen molar-refractivity contribution in [3.63, 3.8) is 0 Å². The van der Waals surface area contributed by atoms with Gasteiger partial charge in [0, 0.05) is 0 Å². The van der Waals surface area contributed by atoms with Crippen molar-refractivity contribution in [3.05, 3.63) is 74.7 Å². The average molecular weight is 596 g/mol. The van der Waals surface area contributed by atoms with Crippen molar-refractivity contribution in [2.24, 2.45) is 23.7 Å². The Labute approximate surface area is 255 Å². The molecule has 0 radical (unpaired) electrons. The largest absolute Gasteiger partial charge is 1.00 e. The Bertz CT molecular complexity index is 1360. The normalized spacial score (nSPS) is 25.9. The van der Waals surface area contributed by atoms with Crippen LogP contribution in [-0.2, 0) is 34.7 Å². The number of allylic oxidation sites excluding steroid dienone is 4. The monoisotopic (exact) mass is 594 g/mol. The summed E-state index contributed by atoms with van der Waals surface area (Å²) in [5, 5.41) is 0. The van der Waals surface area contributed by atoms with Gasteiger partial charge in [-0.1, -0.05) is 0 Å². The molecule has 0 N–H and O–H groups in total. The molecule has 0 saturated heterocycles. The number of rotatable bonds is 2. The summed E-state index contributed by atoms with van der Waals surface area (Å²) in [6.07, 6.45) is 17.3. The first kappa shape index (κ1) is 29.6. The zero-order valence-electron chi connectivity index (χ0n) is 24.6. The number of hydrogen-bond acceptors (Lipinski definition) is 0. The van der Waals surface area contributed by atoms with Gasteiger partial charge in [0.2, 0.25) is 0 Å². The molecule has 4 saturated carbocycles. The SMILES string of the molecule is CC(C)(C)c1ccc2c(c1)-c1cc(C(C)(C)C)c[c]([Ti+2]([C]3=CC=CC3)=[C]3C4CC5CC(C4)CC3C5)c1C2.[Cl-].[Cl-]. The summed E-state index contributed by atoms with van der Waals surface area (Å²) >= 11 is -1.81. The van der Waals surface area contributed by atoms with Crippen LogP contribution in [0.1, 0.15) is 102 Å². The van der Waals surface area contributed by atoms with Gasteiger partial charge in [-0.15, -0.1) is 0 Å². The van der Waals surface area contributed by atoms with Crippen LogP contribution in [0.5, 0.6) is 0 Å². The van der Waals surface area contributed by atoms with Gasteiger partial charge >= 0.3 is 232 Å². The van der Waals surface area contributed by atoms with Crippen molar-refractivity contribution >= 4 is 7.68 Å². The van der Waals surface area contributed by atoms with Crippen LogP contribution < -0.4 is 28.7 Å². The molecule has 2 aromatic rings. The molecule has 0 spiro atoms. The standard InChI is InChI=1S/C21H25.C10H14.C5H5.2ClH.Ti/c1-20(2,3)16-9-7-14-11-15-8-10-17(21(4,5)6)13-19(15)18(14)12-16;1-7-2-9-4-8(1)5-10(3-7)6-9;1-2-4-5-3-1;;;/h7,9-10,12-13H,11H2,1-6H3;7-10H,1-5H2;1-3H,4H2;2*1H;/q;;;;;+2/p-2. The molecular formula is C36H44Cl2Ti. The van der Waals surface area contributed by atoms with Gasteiger partial charge in [-0.25, -0.2) is 0 Å². The van der Waals surface area contributed by atoms with Crippen molar-refractivity contribution in [1.29, 1.82) is 0 Å². The molecule has 0 amide bonds. The van der Waals surface area contributed by atoms with Gasteiger partial charge in [0.15, 0.2) is 0 Å². The molecule has 206 valence electrons. The van der Waals surface area contributed by atoms with Crippen LogP contribution in [0.25, 0.3) is 11.1 Å². The summed E-state index contributed by atoms with van der Waals surface area (Å²) in [6.45, 7) is 14.3. The van der Waals surface area contributed by atoms with Crippen molar-refractivity contribution in [2.75, 3.05) is 0 Å². The molecular weight excluding hydrogens is 551 g/mol. The Morgan fingerprint density at radius 3 is 1.90 bits per heavy atom. The van der Waals surface area contributed by atoms with E-state index >= 15 is 0 Å². The zero-order chi connectivity index (χ0) is 25.7. The van der Waals surface area contributed by atoms with Gasteiger partial charge in [0.05, 0.1) is 0 Å². The minimum absolute atomic E-state index is 0. The van der Waals surface area contributed by atoms with E-state index in [0.717, 1.165) is 30.1 Å². The molecule has 3 heteroatoms. The van der Waals surface area contributed by atoms with E-state index in [-0.39, 0.29) is 35.6 Å². The van der Waals surface area contributed by atoms with Gasteiger partial charge in [0.25, 0.3) is 0 Å². The van der Waals surface area contributed by atoms with Crippen LogP contribution in [0.15, 0.2) is 52.4 Å². The first-order valence-electron chi connectivity index (χ1n) is 15.0. The molecule has 39 heavy (non-hydrogen) atoms. The molecule has 0 atom stereocenters. The molecule has 2 aromatic carbocycles. The van der Waals surface area contributed by atoms with Gasteiger partial charge in [-0.2, -0.15) is 0 Å². The molecule has 4 bridgehead atoms. The van der Waals surface area contributed by atoms with Crippen LogP contribution in [0.4, 0.5) is 0 Å². The summed E-state index contributed by atoms with van der Waals surface area (Å²) in [7, 11) is 0. The fourth-order valence-corrected chi connectivity index (χ4v) is 14.5. The van der Waals surface area contributed by atoms with Gasteiger partial charge < -0.3 is 24.8 Å². The van der Waals surface area contributed by atoms with Crippen molar-refractivity contribution < 1.29 is 42.2 Å². The Morgan fingerprint density at radius 1 is 0.718 bits per heavy atom. The second-order valence-corrected chi connectivity index (χ2v) is 19.0. The number of fused-ring (bicyclic) bond motifs is 3. The van der Waals surface area contributed by atoms with Crippen LogP contribution in [-0.4, -0.2) is 3.81 Å². The first-order valence-corrected chi connectivity index (χ1v) is 17.3. The fraction of sp³-hybridized carbons (Fsp3) is 0.528. The number of halogens is 2. The zero-order valence-corrected chi connectivity index (χ0v) is 27.7. The van der Waals surface area contributed by atoms with Crippen LogP contribution in [0.2, 0.25) is 0 Å². The quantitative estimate of drug-likeness (QED) is 0.400. The predicted octanol–water partition coefficient (Wildman–Crippen LogP) is 2.58. The fourth-order valence-electron chi connectivity index (χ4n) is 8.64. The van der Waals surface area contributed by atoms with Crippen LogP contribution in [0.3, 0.4) is 0 Å². The van der Waals surface area contributed by atoms with Gasteiger partial charge in [0.1, 0.15) is 0 Å². The van der Waals surface area contributed by atoms with E-state index in [9.17, 15) is 0 Å². The molecule has 6 aliphatic carbocycles. The third-order valence-corrected chi connectivity index (χ3v) is 15.7. The van der Waals surface area contributed by atoms with E-state index in [0.29, 0.717) is 0 Å². The Morgan fingerprint density at radius 2 is 1.33 bits per heavy atom. The summed E-state index contributed by atoms with van der Waals surface area (Å²) in [5.41, 5.74) is 9.73. The summed E-state index contributed by atoms with van der Waals surface area (Å²) < 4.78 is 5.78. The van der Waals surface area contributed by atoms with E-state index in [1.165, 1.54) is 43.2 Å². The molecule has 0 nitrogen and oxygen atoms in total. The van der Waals surface area contributed by atoms with E-state index in [1.54, 1.807) is 28.7 Å². The Kier molecular flexibility index (Phi) is 7.90. The minimum atomic E-state index is -1.81. The van der Waals surface area contributed by atoms with E-state index in [4.69, 9.17) is 0 Å². The van der Waals surface area contributed by atoms with Crippen LogP contribution >= 0.6 is 0 Å². The van der Waals surface area contributed by atoms with E-state index < -0.39 is 17.4 Å². The number of hydrogen-bond donors (Lipinski definition) is 0. The Hall–Kier alpha value is -0.916. The molecule has 0 heterocycles. The van der Waals surface area contributed by atoms with Gasteiger partial charge in [-0.05, 0) is 0 Å². The maximum atomic E-state index is 2.74. The smallest absolute Gasteiger partial charge is 1.00 e. The molecule has 0 unspecified atom stereocenters. The first-order chi connectivity index (χ1) is 17.6. The minimum Gasteiger partial charge on any atom is -1.00 e. The summed E-state index contributed by atoms with van der Waals surface area (Å²) in [4.78, 5) is 0. The van der Waals surface area contributed by atoms with Crippen molar-refractivity contribution in [2.45, 2.75) is 97.3 Å². The molecule has 4 fully saturated rings. The average Bonchev–Trinajstić information content (AvgIpc) is 3.47. The maximum Gasteiger partial charge on any atom is -1.00 e. The second kappa shape index (κ2) is 10.4. The molecule has 6 aliphatic rings. The third kappa shape index (κ3) is 5.05. The summed E-state index contributed by atoms with van der Waals surface area (Å²) in [6, 6.07) is 12.7. The second-order valence-electron chi connectivity index (χ2n) is 15.1. The molecule has 8 rings (SSSR count). The molecule has 0 aliphatic heterocycles. The Balaban J connectivity index is 0.00000154. The van der Waals surface area contributed by atoms with Crippen molar-refractivity contribution in [3.8, 4) is 11.1 Å².